The van der Waals surface area contributed by atoms with Crippen LogP contribution < -0.4 is 10.5 Å². The predicted octanol–water partition coefficient (Wildman–Crippen LogP) is 1.81. The number of primary amides is 1. The highest BCUT2D eigenvalue weighted by atomic mass is 19.1. The Morgan fingerprint density at radius 2 is 2.27 bits per heavy atom. The van der Waals surface area contributed by atoms with Crippen LogP contribution in [0.3, 0.4) is 0 Å². The average molecular weight is 211 g/mol. The summed E-state index contributed by atoms with van der Waals surface area (Å²) in [7, 11) is 1.40. The number of ether oxygens (including phenoxy) is 1. The number of carbonyl (C=O) groups is 1. The lowest BCUT2D eigenvalue weighted by atomic mass is 9.97. The molecule has 1 aromatic carbocycles. The van der Waals surface area contributed by atoms with Gasteiger partial charge >= 0.3 is 0 Å². The standard InChI is InChI=1S/C11H14FNO2/c1-7(5-11(13)14)8-3-4-9(12)10(6-8)15-2/h3-4,6-7H,5H2,1-2H3,(H2,13,14). The number of nitrogens with two attached hydrogens (primary N) is 1. The van der Waals surface area contributed by atoms with Crippen molar-refractivity contribution in [2.45, 2.75) is 19.3 Å². The maximum atomic E-state index is 13.1. The molecule has 0 radical (unpaired) electrons. The molecule has 1 aromatic rings. The van der Waals surface area contributed by atoms with Crippen LogP contribution in [0.15, 0.2) is 18.2 Å². The summed E-state index contributed by atoms with van der Waals surface area (Å²) in [5.41, 5.74) is 5.93. The first kappa shape index (κ1) is 11.5. The van der Waals surface area contributed by atoms with Gasteiger partial charge in [0, 0.05) is 6.42 Å². The lowest BCUT2D eigenvalue weighted by Gasteiger charge is -2.11. The summed E-state index contributed by atoms with van der Waals surface area (Å²) in [6, 6.07) is 4.54. The van der Waals surface area contributed by atoms with Gasteiger partial charge in [0.2, 0.25) is 5.91 Å². The minimum atomic E-state index is -0.410. The third-order valence-electron chi connectivity index (χ3n) is 2.25. The second-order valence-corrected chi connectivity index (χ2v) is 3.47. The molecule has 0 saturated carbocycles. The highest BCUT2D eigenvalue weighted by Gasteiger charge is 2.11. The SMILES string of the molecule is COc1cc(C(C)CC(N)=O)ccc1F. The number of amides is 1. The maximum Gasteiger partial charge on any atom is 0.218 e. The molecule has 0 aliphatic rings. The summed E-state index contributed by atoms with van der Waals surface area (Å²) < 4.78 is 17.9. The van der Waals surface area contributed by atoms with Gasteiger partial charge < -0.3 is 10.5 Å². The van der Waals surface area contributed by atoms with Gasteiger partial charge in [-0.1, -0.05) is 13.0 Å². The van der Waals surface area contributed by atoms with Gasteiger partial charge in [0.05, 0.1) is 7.11 Å². The van der Waals surface area contributed by atoms with Gasteiger partial charge in [-0.2, -0.15) is 0 Å². The van der Waals surface area contributed by atoms with Crippen LogP contribution in [0.2, 0.25) is 0 Å². The number of carbonyl (C=O) groups excluding carboxylic acids is 1. The van der Waals surface area contributed by atoms with E-state index < -0.39 is 5.82 Å². The topological polar surface area (TPSA) is 52.3 Å². The third kappa shape index (κ3) is 2.94. The van der Waals surface area contributed by atoms with Crippen molar-refractivity contribution in [1.29, 1.82) is 0 Å². The van der Waals surface area contributed by atoms with Crippen LogP contribution in [-0.2, 0) is 4.79 Å². The van der Waals surface area contributed by atoms with Crippen molar-refractivity contribution >= 4 is 5.91 Å². The molecule has 4 heteroatoms. The predicted molar refractivity (Wildman–Crippen MR) is 55.2 cm³/mol. The van der Waals surface area contributed by atoms with E-state index in [4.69, 9.17) is 10.5 Å². The molecule has 0 saturated heterocycles. The Hall–Kier alpha value is -1.58. The maximum absolute atomic E-state index is 13.1. The lowest BCUT2D eigenvalue weighted by molar-refractivity contribution is -0.118. The second kappa shape index (κ2) is 4.77. The van der Waals surface area contributed by atoms with Crippen LogP contribution in [0.1, 0.15) is 24.8 Å². The molecule has 0 aliphatic heterocycles. The highest BCUT2D eigenvalue weighted by Crippen LogP contribution is 2.25. The highest BCUT2D eigenvalue weighted by molar-refractivity contribution is 5.74. The van der Waals surface area contributed by atoms with E-state index in [1.807, 2.05) is 6.92 Å². The average Bonchev–Trinajstić information content (AvgIpc) is 2.17. The zero-order chi connectivity index (χ0) is 11.4. The zero-order valence-corrected chi connectivity index (χ0v) is 8.79. The van der Waals surface area contributed by atoms with Crippen LogP contribution in [0.4, 0.5) is 4.39 Å². The first-order valence-corrected chi connectivity index (χ1v) is 4.66. The van der Waals surface area contributed by atoms with E-state index >= 15 is 0 Å². The molecule has 0 heterocycles. The molecule has 1 amide bonds. The summed E-state index contributed by atoms with van der Waals surface area (Å²) in [5.74, 6) is -0.626. The molecule has 0 aliphatic carbocycles. The van der Waals surface area contributed by atoms with Crippen molar-refractivity contribution in [3.05, 3.63) is 29.6 Å². The Morgan fingerprint density at radius 1 is 1.60 bits per heavy atom. The lowest BCUT2D eigenvalue weighted by Crippen LogP contribution is -2.13. The number of rotatable bonds is 4. The number of methoxy groups -OCH3 is 1. The Labute approximate surface area is 88.0 Å². The van der Waals surface area contributed by atoms with E-state index in [0.717, 1.165) is 5.56 Å². The molecule has 1 rings (SSSR count). The summed E-state index contributed by atoms with van der Waals surface area (Å²) in [6.45, 7) is 1.86. The summed E-state index contributed by atoms with van der Waals surface area (Å²) in [5, 5.41) is 0. The van der Waals surface area contributed by atoms with E-state index in [9.17, 15) is 9.18 Å². The first-order valence-electron chi connectivity index (χ1n) is 4.66. The van der Waals surface area contributed by atoms with Gasteiger partial charge in [-0.25, -0.2) is 4.39 Å². The van der Waals surface area contributed by atoms with Crippen molar-refractivity contribution in [3.8, 4) is 5.75 Å². The molecule has 2 N–H and O–H groups in total. The Balaban J connectivity index is 2.90. The fourth-order valence-electron chi connectivity index (χ4n) is 1.40. The van der Waals surface area contributed by atoms with Crippen molar-refractivity contribution < 1.29 is 13.9 Å². The molecule has 82 valence electrons. The monoisotopic (exact) mass is 211 g/mol. The number of benzene rings is 1. The molecule has 15 heavy (non-hydrogen) atoms. The zero-order valence-electron chi connectivity index (χ0n) is 8.79. The molecule has 0 bridgehead atoms. The van der Waals surface area contributed by atoms with E-state index in [0.29, 0.717) is 0 Å². The van der Waals surface area contributed by atoms with Gasteiger partial charge in [0.25, 0.3) is 0 Å². The van der Waals surface area contributed by atoms with Crippen LogP contribution in [0, 0.1) is 5.82 Å². The van der Waals surface area contributed by atoms with Crippen LogP contribution >= 0.6 is 0 Å². The van der Waals surface area contributed by atoms with E-state index in [2.05, 4.69) is 0 Å². The quantitative estimate of drug-likeness (QED) is 0.825. The summed E-state index contributed by atoms with van der Waals surface area (Å²) in [6.07, 6.45) is 0.245. The Kier molecular flexibility index (Phi) is 3.66. The van der Waals surface area contributed by atoms with E-state index in [1.165, 1.54) is 13.2 Å². The fraction of sp³-hybridized carbons (Fsp3) is 0.364. The van der Waals surface area contributed by atoms with Gasteiger partial charge in [-0.3, -0.25) is 4.79 Å². The third-order valence-corrected chi connectivity index (χ3v) is 2.25. The molecule has 0 aromatic heterocycles. The fourth-order valence-corrected chi connectivity index (χ4v) is 1.40. The largest absolute Gasteiger partial charge is 0.494 e. The van der Waals surface area contributed by atoms with Crippen LogP contribution in [0.25, 0.3) is 0 Å². The van der Waals surface area contributed by atoms with Crippen molar-refractivity contribution in [2.24, 2.45) is 5.73 Å². The van der Waals surface area contributed by atoms with Crippen molar-refractivity contribution in [3.63, 3.8) is 0 Å². The molecule has 0 spiro atoms. The molecule has 0 fully saturated rings. The number of halogens is 1. The Bertz CT molecular complexity index is 366. The normalized spacial score (nSPS) is 12.2. The van der Waals surface area contributed by atoms with Gasteiger partial charge in [-0.15, -0.1) is 0 Å². The molecule has 1 unspecified atom stereocenters. The van der Waals surface area contributed by atoms with Gasteiger partial charge in [-0.05, 0) is 23.6 Å². The smallest absolute Gasteiger partial charge is 0.218 e. The second-order valence-electron chi connectivity index (χ2n) is 3.47. The number of hydrogen-bond donors (Lipinski definition) is 1. The van der Waals surface area contributed by atoms with E-state index in [-0.39, 0.29) is 24.0 Å². The van der Waals surface area contributed by atoms with Crippen molar-refractivity contribution in [2.75, 3.05) is 7.11 Å². The van der Waals surface area contributed by atoms with Gasteiger partial charge in [0.1, 0.15) is 0 Å². The van der Waals surface area contributed by atoms with E-state index in [1.54, 1.807) is 12.1 Å². The molecular formula is C11H14FNO2. The summed E-state index contributed by atoms with van der Waals surface area (Å²) >= 11 is 0. The molecule has 3 nitrogen and oxygen atoms in total. The minimum absolute atomic E-state index is 0.0306. The van der Waals surface area contributed by atoms with Crippen LogP contribution in [-0.4, -0.2) is 13.0 Å². The first-order chi connectivity index (χ1) is 7.04. The number of hydrogen-bond acceptors (Lipinski definition) is 2. The summed E-state index contributed by atoms with van der Waals surface area (Å²) in [4.78, 5) is 10.7. The molecular weight excluding hydrogens is 197 g/mol. The van der Waals surface area contributed by atoms with Crippen LogP contribution in [0.5, 0.6) is 5.75 Å². The van der Waals surface area contributed by atoms with Crippen molar-refractivity contribution in [1.82, 2.24) is 0 Å². The minimum Gasteiger partial charge on any atom is -0.494 e. The van der Waals surface area contributed by atoms with Gasteiger partial charge in [0.15, 0.2) is 11.6 Å². The Morgan fingerprint density at radius 3 is 2.80 bits per heavy atom. The molecule has 1 atom stereocenters.